The van der Waals surface area contributed by atoms with Crippen LogP contribution in [0.1, 0.15) is 21.5 Å². The Morgan fingerprint density at radius 1 is 1.30 bits per heavy atom. The normalized spacial score (nSPS) is 10.3. The van der Waals surface area contributed by atoms with Gasteiger partial charge in [0.25, 0.3) is 0 Å². The minimum Gasteiger partial charge on any atom is -0.488 e. The van der Waals surface area contributed by atoms with Gasteiger partial charge in [0.05, 0.1) is 0 Å². The molecule has 0 unspecified atom stereocenters. The highest BCUT2D eigenvalue weighted by molar-refractivity contribution is 14.1. The Labute approximate surface area is 135 Å². The highest BCUT2D eigenvalue weighted by Crippen LogP contribution is 2.24. The van der Waals surface area contributed by atoms with Crippen molar-refractivity contribution in [1.29, 1.82) is 0 Å². The topological polar surface area (TPSA) is 46.5 Å². The lowest BCUT2D eigenvalue weighted by Gasteiger charge is -2.11. The average Bonchev–Trinajstić information content (AvgIpc) is 2.38. The molecule has 0 atom stereocenters. The maximum atomic E-state index is 11.2. The number of carboxylic acid groups (broad SMARTS) is 1. The van der Waals surface area contributed by atoms with Crippen LogP contribution in [0, 0.1) is 10.5 Å². The molecule has 0 aliphatic carbocycles. The van der Waals surface area contributed by atoms with Crippen molar-refractivity contribution in [3.05, 3.63) is 61.7 Å². The lowest BCUT2D eigenvalue weighted by atomic mass is 10.1. The minimum absolute atomic E-state index is 0.153. The summed E-state index contributed by atoms with van der Waals surface area (Å²) in [6, 6.07) is 10.7. The molecule has 0 heterocycles. The molecule has 0 saturated heterocycles. The monoisotopic (exact) mass is 402 g/mol. The van der Waals surface area contributed by atoms with Gasteiger partial charge in [-0.25, -0.2) is 4.79 Å². The van der Waals surface area contributed by atoms with E-state index in [0.717, 1.165) is 14.7 Å². The van der Waals surface area contributed by atoms with Gasteiger partial charge in [0.2, 0.25) is 0 Å². The van der Waals surface area contributed by atoms with Gasteiger partial charge in [-0.2, -0.15) is 0 Å². The molecule has 0 aliphatic rings. The first kappa shape index (κ1) is 15.1. The van der Waals surface area contributed by atoms with E-state index in [1.54, 1.807) is 18.2 Å². The molecule has 20 heavy (non-hydrogen) atoms. The van der Waals surface area contributed by atoms with E-state index in [-0.39, 0.29) is 12.2 Å². The van der Waals surface area contributed by atoms with Crippen molar-refractivity contribution >= 4 is 40.2 Å². The first-order valence-electron chi connectivity index (χ1n) is 5.88. The number of carbonyl (C=O) groups is 1. The van der Waals surface area contributed by atoms with Gasteiger partial charge in [-0.05, 0) is 59.3 Å². The summed E-state index contributed by atoms with van der Waals surface area (Å²) in [5.74, 6) is -0.664. The summed E-state index contributed by atoms with van der Waals surface area (Å²) in [7, 11) is 0. The Morgan fingerprint density at radius 2 is 2.05 bits per heavy atom. The molecule has 0 fully saturated rings. The van der Waals surface area contributed by atoms with E-state index in [4.69, 9.17) is 21.4 Å². The highest BCUT2D eigenvalue weighted by Gasteiger charge is 2.12. The number of halogens is 2. The first-order chi connectivity index (χ1) is 9.47. The third-order valence-corrected chi connectivity index (χ3v) is 3.79. The second-order valence-electron chi connectivity index (χ2n) is 4.33. The molecule has 2 aromatic carbocycles. The van der Waals surface area contributed by atoms with Gasteiger partial charge in [0.15, 0.2) is 0 Å². The van der Waals surface area contributed by atoms with Crippen molar-refractivity contribution in [3.63, 3.8) is 0 Å². The minimum atomic E-state index is -1.01. The maximum absolute atomic E-state index is 11.2. The second-order valence-corrected chi connectivity index (χ2v) is 5.98. The number of carboxylic acids is 1. The van der Waals surface area contributed by atoms with Crippen molar-refractivity contribution in [2.75, 3.05) is 0 Å². The lowest BCUT2D eigenvalue weighted by Crippen LogP contribution is -2.04. The van der Waals surface area contributed by atoms with Crippen LogP contribution in [0.2, 0.25) is 5.02 Å². The van der Waals surface area contributed by atoms with E-state index < -0.39 is 5.97 Å². The summed E-state index contributed by atoms with van der Waals surface area (Å²) in [6.07, 6.45) is 0. The van der Waals surface area contributed by atoms with E-state index in [0.29, 0.717) is 10.8 Å². The van der Waals surface area contributed by atoms with E-state index >= 15 is 0 Å². The van der Waals surface area contributed by atoms with Crippen LogP contribution in [-0.4, -0.2) is 11.1 Å². The van der Waals surface area contributed by atoms with Crippen molar-refractivity contribution in [2.24, 2.45) is 0 Å². The standard InChI is InChI=1S/C15H12ClIO3/c1-9-2-3-10(13(16)6-9)8-20-14-5-4-11(17)7-12(14)15(18)19/h2-7H,8H2,1H3,(H,18,19). The van der Waals surface area contributed by atoms with Crippen molar-refractivity contribution in [1.82, 2.24) is 0 Å². The Morgan fingerprint density at radius 3 is 2.70 bits per heavy atom. The fraction of sp³-hybridized carbons (Fsp3) is 0.133. The Kier molecular flexibility index (Phi) is 4.88. The fourth-order valence-corrected chi connectivity index (χ4v) is 2.50. The summed E-state index contributed by atoms with van der Waals surface area (Å²) in [6.45, 7) is 2.19. The second kappa shape index (κ2) is 6.45. The maximum Gasteiger partial charge on any atom is 0.339 e. The number of ether oxygens (including phenoxy) is 1. The first-order valence-corrected chi connectivity index (χ1v) is 7.33. The zero-order valence-corrected chi connectivity index (χ0v) is 13.6. The molecule has 2 aromatic rings. The van der Waals surface area contributed by atoms with Gasteiger partial charge in [-0.15, -0.1) is 0 Å². The van der Waals surface area contributed by atoms with E-state index in [1.165, 1.54) is 0 Å². The van der Waals surface area contributed by atoms with Gasteiger partial charge in [-0.3, -0.25) is 0 Å². The predicted octanol–water partition coefficient (Wildman–Crippen LogP) is 4.53. The molecule has 0 aliphatic heterocycles. The Bertz CT molecular complexity index is 656. The van der Waals surface area contributed by atoms with Gasteiger partial charge >= 0.3 is 5.97 Å². The van der Waals surface area contributed by atoms with Crippen LogP contribution in [0.5, 0.6) is 5.75 Å². The highest BCUT2D eigenvalue weighted by atomic mass is 127. The van der Waals surface area contributed by atoms with Crippen LogP contribution in [-0.2, 0) is 6.61 Å². The number of hydrogen-bond donors (Lipinski definition) is 1. The van der Waals surface area contributed by atoms with Crippen LogP contribution >= 0.6 is 34.2 Å². The van der Waals surface area contributed by atoms with Crippen molar-refractivity contribution < 1.29 is 14.6 Å². The summed E-state index contributed by atoms with van der Waals surface area (Å²) in [5, 5.41) is 9.79. The van der Waals surface area contributed by atoms with Gasteiger partial charge < -0.3 is 9.84 Å². The van der Waals surface area contributed by atoms with Crippen LogP contribution in [0.25, 0.3) is 0 Å². The number of benzene rings is 2. The van der Waals surface area contributed by atoms with Crippen LogP contribution in [0.3, 0.4) is 0 Å². The largest absolute Gasteiger partial charge is 0.488 e. The van der Waals surface area contributed by atoms with E-state index in [2.05, 4.69) is 22.6 Å². The molecule has 0 aromatic heterocycles. The Balaban J connectivity index is 2.20. The molecule has 104 valence electrons. The van der Waals surface area contributed by atoms with E-state index in [9.17, 15) is 4.79 Å². The smallest absolute Gasteiger partial charge is 0.339 e. The fourth-order valence-electron chi connectivity index (χ4n) is 1.72. The SMILES string of the molecule is Cc1ccc(COc2ccc(I)cc2C(=O)O)c(Cl)c1. The molecule has 2 rings (SSSR count). The number of hydrogen-bond acceptors (Lipinski definition) is 2. The van der Waals surface area contributed by atoms with Gasteiger partial charge in [0, 0.05) is 14.2 Å². The number of aryl methyl sites for hydroxylation is 1. The molecule has 0 bridgehead atoms. The van der Waals surface area contributed by atoms with Gasteiger partial charge in [-0.1, -0.05) is 23.7 Å². The molecule has 0 radical (unpaired) electrons. The third kappa shape index (κ3) is 3.64. The quantitative estimate of drug-likeness (QED) is 0.764. The molecule has 3 nitrogen and oxygen atoms in total. The third-order valence-electron chi connectivity index (χ3n) is 2.76. The number of rotatable bonds is 4. The van der Waals surface area contributed by atoms with Crippen molar-refractivity contribution in [2.45, 2.75) is 13.5 Å². The number of aromatic carboxylic acids is 1. The van der Waals surface area contributed by atoms with Crippen LogP contribution in [0.15, 0.2) is 36.4 Å². The summed E-state index contributed by atoms with van der Waals surface area (Å²) in [4.78, 5) is 11.2. The molecule has 0 amide bonds. The molecule has 1 N–H and O–H groups in total. The van der Waals surface area contributed by atoms with Crippen LogP contribution in [0.4, 0.5) is 0 Å². The molecular formula is C15H12ClIO3. The summed E-state index contributed by atoms with van der Waals surface area (Å²) >= 11 is 8.19. The van der Waals surface area contributed by atoms with Crippen molar-refractivity contribution in [3.8, 4) is 5.75 Å². The van der Waals surface area contributed by atoms with Crippen LogP contribution < -0.4 is 4.74 Å². The predicted molar refractivity (Wildman–Crippen MR) is 86.6 cm³/mol. The zero-order valence-electron chi connectivity index (χ0n) is 10.7. The lowest BCUT2D eigenvalue weighted by molar-refractivity contribution is 0.0691. The molecule has 5 heteroatoms. The van der Waals surface area contributed by atoms with Gasteiger partial charge in [0.1, 0.15) is 17.9 Å². The molecule has 0 saturated carbocycles. The Hall–Kier alpha value is -1.27. The molecule has 0 spiro atoms. The molecular weight excluding hydrogens is 391 g/mol. The average molecular weight is 403 g/mol. The van der Waals surface area contributed by atoms with E-state index in [1.807, 2.05) is 25.1 Å². The zero-order chi connectivity index (χ0) is 14.7. The summed E-state index contributed by atoms with van der Waals surface area (Å²) < 4.78 is 6.44. The summed E-state index contributed by atoms with van der Waals surface area (Å²) in [5.41, 5.74) is 2.05.